The summed E-state index contributed by atoms with van der Waals surface area (Å²) in [5, 5.41) is 21.8. The maximum atomic E-state index is 13.2. The van der Waals surface area contributed by atoms with Gasteiger partial charge in [-0.1, -0.05) is 80.1 Å². The number of rotatable bonds is 15. The van der Waals surface area contributed by atoms with Crippen molar-refractivity contribution < 1.29 is 19.8 Å². The zero-order valence-electron chi connectivity index (χ0n) is 24.9. The maximum Gasteiger partial charge on any atom is 0.168 e. The molecule has 0 saturated heterocycles. The van der Waals surface area contributed by atoms with E-state index in [-0.39, 0.29) is 33.9 Å². The fourth-order valence-electron chi connectivity index (χ4n) is 5.54. The van der Waals surface area contributed by atoms with E-state index in [1.807, 2.05) is 27.7 Å². The molecule has 0 aliphatic heterocycles. The Morgan fingerprint density at radius 1 is 0.632 bits per heavy atom. The molecule has 0 aromatic carbocycles. The molecule has 0 saturated carbocycles. The van der Waals surface area contributed by atoms with Crippen LogP contribution in [0.1, 0.15) is 131 Å². The highest BCUT2D eigenvalue weighted by molar-refractivity contribution is 6.26. The highest BCUT2D eigenvalue weighted by Crippen LogP contribution is 2.38. The summed E-state index contributed by atoms with van der Waals surface area (Å²) >= 11 is 0. The number of carbonyl (C=O) groups is 2. The van der Waals surface area contributed by atoms with Gasteiger partial charge in [0.2, 0.25) is 0 Å². The van der Waals surface area contributed by atoms with Gasteiger partial charge >= 0.3 is 0 Å². The maximum absolute atomic E-state index is 13.2. The number of nitrogens with zero attached hydrogens (tertiary/aromatic N) is 2. The van der Waals surface area contributed by atoms with Gasteiger partial charge in [0.15, 0.2) is 11.6 Å². The smallest absolute Gasteiger partial charge is 0.168 e. The van der Waals surface area contributed by atoms with Gasteiger partial charge in [-0.05, 0) is 36.5 Å². The van der Waals surface area contributed by atoms with Gasteiger partial charge in [-0.3, -0.25) is 19.6 Å². The fraction of sp³-hybridized carbons (Fsp3) is 0.750. The first kappa shape index (κ1) is 32.0. The Kier molecular flexibility index (Phi) is 12.4. The summed E-state index contributed by atoms with van der Waals surface area (Å²) in [6.07, 6.45) is 11.0. The van der Waals surface area contributed by atoms with E-state index in [0.717, 1.165) is 51.4 Å². The fourth-order valence-corrected chi connectivity index (χ4v) is 5.54. The lowest BCUT2D eigenvalue weighted by atomic mass is 9.74. The highest BCUT2D eigenvalue weighted by Gasteiger charge is 2.37. The number of allylic oxidation sites excluding steroid dienone is 4. The van der Waals surface area contributed by atoms with E-state index in [1.54, 1.807) is 0 Å². The molecule has 0 bridgehead atoms. The third kappa shape index (κ3) is 9.81. The second kappa shape index (κ2) is 14.8. The number of unbranched alkanes of at least 4 members (excludes halogenated alkanes) is 6. The van der Waals surface area contributed by atoms with Gasteiger partial charge < -0.3 is 10.2 Å². The molecule has 2 rings (SSSR count). The molecule has 0 amide bonds. The molecule has 2 aliphatic rings. The largest absolute Gasteiger partial charge is 0.511 e. The molecule has 2 aliphatic carbocycles. The lowest BCUT2D eigenvalue weighted by Gasteiger charge is -2.31. The summed E-state index contributed by atoms with van der Waals surface area (Å²) < 4.78 is 0. The van der Waals surface area contributed by atoms with Gasteiger partial charge in [0.1, 0.15) is 11.5 Å². The van der Waals surface area contributed by atoms with E-state index in [9.17, 15) is 19.8 Å². The first-order valence-corrected chi connectivity index (χ1v) is 14.9. The van der Waals surface area contributed by atoms with Gasteiger partial charge in [0.25, 0.3) is 0 Å². The second-order valence-corrected chi connectivity index (χ2v) is 12.8. The standard InChI is InChI=1S/C32H52N2O4/c1-7-9-11-13-17-33-23(29-25(35)19-31(3,4)20-26(29)36)15-16-24(34-18-14-12-10-8-2)30-27(37)21-32(5,6)22-28(30)38/h35,37H,7-22H2,1-6H3. The molecule has 0 spiro atoms. The van der Waals surface area contributed by atoms with Crippen LogP contribution >= 0.6 is 0 Å². The van der Waals surface area contributed by atoms with Crippen LogP contribution in [0.15, 0.2) is 32.6 Å². The topological polar surface area (TPSA) is 99.3 Å². The molecule has 214 valence electrons. The third-order valence-electron chi connectivity index (χ3n) is 7.51. The molecule has 38 heavy (non-hydrogen) atoms. The number of aliphatic hydroxyl groups excluding tert-OH is 2. The monoisotopic (exact) mass is 528 g/mol. The average Bonchev–Trinajstić information content (AvgIpc) is 2.78. The molecule has 0 aromatic rings. The normalized spacial score (nSPS) is 20.5. The summed E-state index contributed by atoms with van der Waals surface area (Å²) in [5.74, 6) is 0.103. The average molecular weight is 529 g/mol. The summed E-state index contributed by atoms with van der Waals surface area (Å²) in [5.41, 5.74) is 1.39. The Labute approximate surface area is 230 Å². The van der Waals surface area contributed by atoms with Crippen molar-refractivity contribution in [2.24, 2.45) is 20.8 Å². The van der Waals surface area contributed by atoms with E-state index >= 15 is 0 Å². The zero-order chi connectivity index (χ0) is 28.3. The van der Waals surface area contributed by atoms with Gasteiger partial charge in [-0.15, -0.1) is 0 Å². The van der Waals surface area contributed by atoms with Crippen LogP contribution in [0.3, 0.4) is 0 Å². The van der Waals surface area contributed by atoms with E-state index in [4.69, 9.17) is 9.98 Å². The number of aliphatic imine (C=N–C) groups is 2. The molecule has 2 N–H and O–H groups in total. The zero-order valence-corrected chi connectivity index (χ0v) is 24.9. The second-order valence-electron chi connectivity index (χ2n) is 12.8. The van der Waals surface area contributed by atoms with Crippen molar-refractivity contribution in [1.29, 1.82) is 0 Å². The minimum absolute atomic E-state index is 0.0679. The van der Waals surface area contributed by atoms with Gasteiger partial charge in [-0.2, -0.15) is 0 Å². The quantitative estimate of drug-likeness (QED) is 0.165. The SMILES string of the molecule is CCCCCCN=C(CCC(=NCCCCCC)C1=C(O)CC(C)(C)CC1=O)C1=C(O)CC(C)(C)CC1=O. The van der Waals surface area contributed by atoms with E-state index < -0.39 is 0 Å². The van der Waals surface area contributed by atoms with Gasteiger partial charge in [0.05, 0.1) is 11.1 Å². The number of aliphatic hydroxyl groups is 2. The highest BCUT2D eigenvalue weighted by atomic mass is 16.3. The molecule has 0 atom stereocenters. The first-order chi connectivity index (χ1) is 17.9. The molecule has 6 nitrogen and oxygen atoms in total. The van der Waals surface area contributed by atoms with Crippen LogP contribution < -0.4 is 0 Å². The van der Waals surface area contributed by atoms with Crippen LogP contribution in [0.2, 0.25) is 0 Å². The lowest BCUT2D eigenvalue weighted by molar-refractivity contribution is -0.118. The number of hydrogen-bond acceptors (Lipinski definition) is 6. The molecule has 0 fully saturated rings. The summed E-state index contributed by atoms with van der Waals surface area (Å²) in [6, 6.07) is 0. The van der Waals surface area contributed by atoms with Crippen LogP contribution in [0.5, 0.6) is 0 Å². The number of carbonyl (C=O) groups excluding carboxylic acids is 2. The minimum atomic E-state index is -0.278. The molecule has 6 heteroatoms. The van der Waals surface area contributed by atoms with Crippen molar-refractivity contribution in [3.8, 4) is 0 Å². The van der Waals surface area contributed by atoms with Gasteiger partial charge in [-0.25, -0.2) is 0 Å². The Balaban J connectivity index is 2.36. The molecule has 0 radical (unpaired) electrons. The third-order valence-corrected chi connectivity index (χ3v) is 7.51. The first-order valence-electron chi connectivity index (χ1n) is 14.9. The molecule has 0 heterocycles. The van der Waals surface area contributed by atoms with Crippen molar-refractivity contribution in [1.82, 2.24) is 0 Å². The summed E-state index contributed by atoms with van der Waals surface area (Å²) in [4.78, 5) is 36.0. The van der Waals surface area contributed by atoms with Crippen molar-refractivity contribution in [3.05, 3.63) is 22.7 Å². The van der Waals surface area contributed by atoms with E-state index in [1.165, 1.54) is 0 Å². The number of ketones is 2. The van der Waals surface area contributed by atoms with E-state index in [0.29, 0.717) is 74.2 Å². The molecule has 0 unspecified atom stereocenters. The van der Waals surface area contributed by atoms with Gasteiger partial charge in [0, 0.05) is 50.2 Å². The summed E-state index contributed by atoms with van der Waals surface area (Å²) in [6.45, 7) is 13.5. The van der Waals surface area contributed by atoms with Crippen LogP contribution in [-0.2, 0) is 9.59 Å². The Morgan fingerprint density at radius 3 is 1.32 bits per heavy atom. The number of hydrogen-bond donors (Lipinski definition) is 2. The van der Waals surface area contributed by atoms with Crippen molar-refractivity contribution in [2.45, 2.75) is 131 Å². The Bertz CT molecular complexity index is 888. The van der Waals surface area contributed by atoms with Crippen LogP contribution in [0.4, 0.5) is 0 Å². The van der Waals surface area contributed by atoms with Crippen molar-refractivity contribution >= 4 is 23.0 Å². The number of Topliss-reactive ketones (excluding diaryl/α,β-unsaturated/α-hetero) is 2. The summed E-state index contributed by atoms with van der Waals surface area (Å²) in [7, 11) is 0. The Morgan fingerprint density at radius 2 is 1.00 bits per heavy atom. The van der Waals surface area contributed by atoms with Crippen molar-refractivity contribution in [3.63, 3.8) is 0 Å². The minimum Gasteiger partial charge on any atom is -0.511 e. The van der Waals surface area contributed by atoms with Crippen LogP contribution in [-0.4, -0.2) is 46.3 Å². The van der Waals surface area contributed by atoms with Crippen molar-refractivity contribution in [2.75, 3.05) is 13.1 Å². The molecule has 0 aromatic heterocycles. The molecular weight excluding hydrogens is 476 g/mol. The Hall–Kier alpha value is -2.24. The van der Waals surface area contributed by atoms with Crippen LogP contribution in [0, 0.1) is 10.8 Å². The predicted octanol–water partition coefficient (Wildman–Crippen LogP) is 8.21. The lowest BCUT2D eigenvalue weighted by Crippen LogP contribution is -2.31. The van der Waals surface area contributed by atoms with E-state index in [2.05, 4.69) is 13.8 Å². The van der Waals surface area contributed by atoms with Crippen LogP contribution in [0.25, 0.3) is 0 Å². The molecular formula is C32H52N2O4. The predicted molar refractivity (Wildman–Crippen MR) is 157 cm³/mol.